The molecule has 3 nitrogen and oxygen atoms in total. The van der Waals surface area contributed by atoms with Gasteiger partial charge in [-0.3, -0.25) is 0 Å². The third-order valence-corrected chi connectivity index (χ3v) is 7.50. The number of nitrogens with zero attached hydrogens (tertiary/aromatic N) is 2. The van der Waals surface area contributed by atoms with Crippen LogP contribution in [0.25, 0.3) is 44.3 Å². The summed E-state index contributed by atoms with van der Waals surface area (Å²) in [5.74, 6) is 0. The van der Waals surface area contributed by atoms with Crippen LogP contribution < -0.4 is 9.47 Å². The molecule has 4 aromatic carbocycles. The van der Waals surface area contributed by atoms with Gasteiger partial charge in [-0.05, 0) is 49.0 Å². The van der Waals surface area contributed by atoms with E-state index >= 15 is 0 Å². The molecule has 7 rings (SSSR count). The molecule has 180 valence electrons. The van der Waals surface area contributed by atoms with Crippen LogP contribution >= 0.6 is 0 Å². The molecule has 3 heteroatoms. The minimum atomic E-state index is -1.41. The molecule has 0 saturated carbocycles. The third kappa shape index (κ3) is 3.46. The molecule has 0 fully saturated rings. The second-order valence-electron chi connectivity index (χ2n) is 9.73. The van der Waals surface area contributed by atoms with E-state index in [1.165, 1.54) is 0 Å². The van der Waals surface area contributed by atoms with Gasteiger partial charge in [-0.1, -0.05) is 66.7 Å². The lowest BCUT2D eigenvalue weighted by Gasteiger charge is -2.33. The lowest BCUT2D eigenvalue weighted by atomic mass is 9.92. The average Bonchev–Trinajstić information content (AvgIpc) is 3.33. The van der Waals surface area contributed by atoms with Crippen molar-refractivity contribution in [3.05, 3.63) is 114 Å². The van der Waals surface area contributed by atoms with Gasteiger partial charge in [0.2, 0.25) is 5.69 Å². The number of anilines is 2. The summed E-state index contributed by atoms with van der Waals surface area (Å²) in [6, 6.07) is 33.1. The largest absolute Gasteiger partial charge is 0.454 e. The summed E-state index contributed by atoms with van der Waals surface area (Å²) >= 11 is 0. The van der Waals surface area contributed by atoms with Crippen molar-refractivity contribution in [2.75, 3.05) is 11.4 Å². The fraction of sp³-hybridized carbons (Fsp3) is 0.147. The van der Waals surface area contributed by atoms with Crippen LogP contribution in [-0.4, -0.2) is 6.54 Å². The first-order chi connectivity index (χ1) is 18.9. The third-order valence-electron chi connectivity index (χ3n) is 7.50. The summed E-state index contributed by atoms with van der Waals surface area (Å²) < 4.78 is 26.6. The minimum Gasteiger partial charge on any atom is -0.454 e. The normalized spacial score (nSPS) is 15.5. The molecule has 1 aliphatic heterocycles. The fourth-order valence-electron chi connectivity index (χ4n) is 5.75. The Morgan fingerprint density at radius 3 is 2.43 bits per heavy atom. The fourth-order valence-corrected chi connectivity index (χ4v) is 5.75. The average molecular weight is 484 g/mol. The van der Waals surface area contributed by atoms with Crippen LogP contribution in [0.4, 0.5) is 11.4 Å². The highest BCUT2D eigenvalue weighted by Crippen LogP contribution is 2.45. The molecule has 0 aliphatic carbocycles. The topological polar surface area (TPSA) is 20.3 Å². The predicted octanol–water partition coefficient (Wildman–Crippen LogP) is 8.14. The highest BCUT2D eigenvalue weighted by Gasteiger charge is 2.25. The van der Waals surface area contributed by atoms with Crippen molar-refractivity contribution in [1.29, 1.82) is 0 Å². The SMILES string of the molecule is [2H]C1([2H])CCN(c2ccccc2)c2c(-c3cccc4c3oc3c(-c5cccc[n+]5C)c(C)ccc34)cccc21. The van der Waals surface area contributed by atoms with Gasteiger partial charge in [0.25, 0.3) is 0 Å². The molecule has 0 N–H and O–H groups in total. The van der Waals surface area contributed by atoms with Crippen LogP contribution in [0.2, 0.25) is 0 Å². The molecule has 1 aliphatic rings. The molecule has 2 aromatic heterocycles. The van der Waals surface area contributed by atoms with Gasteiger partial charge < -0.3 is 9.32 Å². The van der Waals surface area contributed by atoms with E-state index in [2.05, 4.69) is 90.3 Å². The first-order valence-electron chi connectivity index (χ1n) is 13.8. The number of pyridine rings is 1. The Morgan fingerprint density at radius 2 is 1.57 bits per heavy atom. The van der Waals surface area contributed by atoms with E-state index in [0.717, 1.165) is 66.8 Å². The molecule has 3 heterocycles. The summed E-state index contributed by atoms with van der Waals surface area (Å²) in [6.45, 7) is 2.73. The number of hydrogen-bond donors (Lipinski definition) is 0. The minimum absolute atomic E-state index is 0.434. The number of rotatable bonds is 3. The molecule has 37 heavy (non-hydrogen) atoms. The van der Waals surface area contributed by atoms with Gasteiger partial charge in [0.05, 0.1) is 11.3 Å². The zero-order valence-corrected chi connectivity index (χ0v) is 21.0. The van der Waals surface area contributed by atoms with Crippen molar-refractivity contribution in [2.45, 2.75) is 19.7 Å². The number of aryl methyl sites for hydroxylation is 3. The van der Waals surface area contributed by atoms with Gasteiger partial charge in [0, 0.05) is 49.0 Å². The lowest BCUT2D eigenvalue weighted by Crippen LogP contribution is -2.30. The summed E-state index contributed by atoms with van der Waals surface area (Å²) in [7, 11) is 2.06. The van der Waals surface area contributed by atoms with Crippen molar-refractivity contribution in [1.82, 2.24) is 0 Å². The Hall–Kier alpha value is -4.37. The van der Waals surface area contributed by atoms with Crippen molar-refractivity contribution >= 4 is 33.3 Å². The molecule has 0 saturated heterocycles. The monoisotopic (exact) mass is 483 g/mol. The highest BCUT2D eigenvalue weighted by atomic mass is 16.3. The lowest BCUT2D eigenvalue weighted by molar-refractivity contribution is -0.660. The molecule has 0 amide bonds. The Morgan fingerprint density at radius 1 is 0.784 bits per heavy atom. The van der Waals surface area contributed by atoms with Crippen LogP contribution in [0.15, 0.2) is 108 Å². The first kappa shape index (κ1) is 19.8. The summed E-state index contributed by atoms with van der Waals surface area (Å²) in [6.07, 6.45) is 1.08. The van der Waals surface area contributed by atoms with Crippen molar-refractivity contribution in [3.63, 3.8) is 0 Å². The maximum Gasteiger partial charge on any atom is 0.216 e. The van der Waals surface area contributed by atoms with E-state index in [4.69, 9.17) is 7.16 Å². The van der Waals surface area contributed by atoms with E-state index in [1.807, 2.05) is 36.4 Å². The van der Waals surface area contributed by atoms with Gasteiger partial charge in [-0.25, -0.2) is 4.57 Å². The van der Waals surface area contributed by atoms with Crippen LogP contribution in [0, 0.1) is 6.92 Å². The van der Waals surface area contributed by atoms with Crippen molar-refractivity contribution in [3.8, 4) is 22.4 Å². The molecule has 0 radical (unpaired) electrons. The molecule has 0 atom stereocenters. The molecule has 0 bridgehead atoms. The summed E-state index contributed by atoms with van der Waals surface area (Å²) in [5.41, 5.74) is 9.70. The Labute approximate surface area is 220 Å². The number of hydrogen-bond acceptors (Lipinski definition) is 2. The van der Waals surface area contributed by atoms with E-state index in [0.29, 0.717) is 13.0 Å². The van der Waals surface area contributed by atoms with Gasteiger partial charge in [-0.2, -0.15) is 0 Å². The number of aromatic nitrogens is 1. The van der Waals surface area contributed by atoms with Gasteiger partial charge in [0.1, 0.15) is 18.2 Å². The zero-order chi connectivity index (χ0) is 26.7. The Bertz CT molecular complexity index is 1870. The quantitative estimate of drug-likeness (QED) is 0.237. The van der Waals surface area contributed by atoms with E-state index in [1.54, 1.807) is 0 Å². The smallest absolute Gasteiger partial charge is 0.216 e. The van der Waals surface area contributed by atoms with E-state index in [9.17, 15) is 0 Å². The first-order valence-corrected chi connectivity index (χ1v) is 12.8. The van der Waals surface area contributed by atoms with Crippen LogP contribution in [-0.2, 0) is 13.4 Å². The Kier molecular flexibility index (Phi) is 4.61. The number of fused-ring (bicyclic) bond motifs is 4. The molecule has 0 unspecified atom stereocenters. The molecular formula is C34H29N2O+. The van der Waals surface area contributed by atoms with Gasteiger partial charge in [-0.15, -0.1) is 0 Å². The standard InChI is InChI=1S/C34H29N2O/c1-23-19-20-29-28-17-9-16-27(33(28)37-34(29)31(23)30-18-6-7-21-35(30)2)26-15-8-11-24-12-10-22-36(32(24)26)25-13-4-3-5-14-25/h3-9,11,13-21H,10,12,22H2,1-2H3/q+1/i12D2. The van der Waals surface area contributed by atoms with Crippen LogP contribution in [0.3, 0.4) is 0 Å². The second-order valence-corrected chi connectivity index (χ2v) is 9.73. The molecule has 6 aromatic rings. The van der Waals surface area contributed by atoms with E-state index in [-0.39, 0.29) is 0 Å². The van der Waals surface area contributed by atoms with Crippen molar-refractivity contribution < 1.29 is 11.7 Å². The Balaban J connectivity index is 1.53. The zero-order valence-electron chi connectivity index (χ0n) is 23.0. The summed E-state index contributed by atoms with van der Waals surface area (Å²) in [4.78, 5) is 2.26. The van der Waals surface area contributed by atoms with Crippen LogP contribution in [0.5, 0.6) is 0 Å². The van der Waals surface area contributed by atoms with E-state index < -0.39 is 6.37 Å². The second kappa shape index (κ2) is 8.63. The maximum atomic E-state index is 8.85. The number of furan rings is 1. The van der Waals surface area contributed by atoms with Gasteiger partial charge in [0.15, 0.2) is 6.20 Å². The molecular weight excluding hydrogens is 452 g/mol. The summed E-state index contributed by atoms with van der Waals surface area (Å²) in [5, 5.41) is 2.14. The van der Waals surface area contributed by atoms with Crippen LogP contribution in [0.1, 0.15) is 20.3 Å². The van der Waals surface area contributed by atoms with Crippen molar-refractivity contribution in [2.24, 2.45) is 7.05 Å². The predicted molar refractivity (Wildman–Crippen MR) is 152 cm³/mol. The number of benzene rings is 4. The number of para-hydroxylation sites is 3. The maximum absolute atomic E-state index is 8.85. The highest BCUT2D eigenvalue weighted by molar-refractivity contribution is 6.14. The molecule has 0 spiro atoms. The van der Waals surface area contributed by atoms with Gasteiger partial charge >= 0.3 is 0 Å².